The summed E-state index contributed by atoms with van der Waals surface area (Å²) in [5, 5.41) is 0. The van der Waals surface area contributed by atoms with Crippen molar-refractivity contribution in [2.75, 3.05) is 6.61 Å². The Morgan fingerprint density at radius 1 is 0.615 bits per heavy atom. The Morgan fingerprint density at radius 3 is 1.51 bits per heavy atom. The van der Waals surface area contributed by atoms with E-state index in [1.807, 2.05) is 0 Å². The third-order valence-corrected chi connectivity index (χ3v) is 5.74. The largest absolute Gasteiger partial charge is 0.460 e. The topological polar surface area (TPSA) is 18.5 Å². The fourth-order valence-corrected chi connectivity index (χ4v) is 3.43. The molecule has 1 aromatic rings. The molecule has 2 nitrogen and oxygen atoms in total. The molecule has 0 amide bonds. The summed E-state index contributed by atoms with van der Waals surface area (Å²) >= 11 is 0. The molecule has 0 aliphatic carbocycles. The van der Waals surface area contributed by atoms with Crippen molar-refractivity contribution in [3.05, 3.63) is 35.9 Å². The summed E-state index contributed by atoms with van der Waals surface area (Å²) in [6.45, 7) is -1.27. The minimum absolute atomic E-state index is 0.157. The van der Waals surface area contributed by atoms with Crippen LogP contribution in [0.5, 0.6) is 0 Å². The average Bonchev–Trinajstić information content (AvgIpc) is 2.82. The lowest BCUT2D eigenvalue weighted by molar-refractivity contribution is -0.465. The highest BCUT2D eigenvalue weighted by molar-refractivity contribution is 5.16. The molecule has 1 fully saturated rings. The van der Waals surface area contributed by atoms with Crippen LogP contribution in [0.4, 0.5) is 74.6 Å². The quantitative estimate of drug-likeness (QED) is 0.251. The van der Waals surface area contributed by atoms with Gasteiger partial charge in [-0.1, -0.05) is 30.3 Å². The van der Waals surface area contributed by atoms with Gasteiger partial charge in [-0.2, -0.15) is 74.6 Å². The summed E-state index contributed by atoms with van der Waals surface area (Å²) < 4.78 is 240. The first-order valence-corrected chi connectivity index (χ1v) is 10.3. The Labute approximate surface area is 207 Å². The molecule has 226 valence electrons. The first-order chi connectivity index (χ1) is 17.3. The Balaban J connectivity index is 2.50. The second kappa shape index (κ2) is 10.1. The van der Waals surface area contributed by atoms with Gasteiger partial charge in [0.2, 0.25) is 0 Å². The molecule has 39 heavy (non-hydrogen) atoms. The van der Waals surface area contributed by atoms with Gasteiger partial charge in [-0.15, -0.1) is 0 Å². The lowest BCUT2D eigenvalue weighted by Gasteiger charge is -2.45. The van der Waals surface area contributed by atoms with Crippen LogP contribution in [0.15, 0.2) is 30.3 Å². The predicted molar refractivity (Wildman–Crippen MR) is 94.4 cm³/mol. The van der Waals surface area contributed by atoms with Crippen molar-refractivity contribution in [1.29, 1.82) is 0 Å². The van der Waals surface area contributed by atoms with E-state index in [-0.39, 0.29) is 5.56 Å². The third-order valence-electron chi connectivity index (χ3n) is 5.74. The predicted octanol–water partition coefficient (Wildman–Crippen LogP) is 7.97. The molecular formula is C20H15F17O2. The minimum Gasteiger partial charge on any atom is -0.352 e. The molecular weight excluding hydrogens is 595 g/mol. The van der Waals surface area contributed by atoms with E-state index < -0.39 is 85.9 Å². The number of hydrogen-bond donors (Lipinski definition) is 0. The molecule has 0 aromatic heterocycles. The molecule has 1 heterocycles. The van der Waals surface area contributed by atoms with Crippen molar-refractivity contribution < 1.29 is 84.1 Å². The fourth-order valence-electron chi connectivity index (χ4n) is 3.43. The highest BCUT2D eigenvalue weighted by Gasteiger charge is 2.95. The van der Waals surface area contributed by atoms with Crippen molar-refractivity contribution in [3.8, 4) is 0 Å². The molecule has 0 radical (unpaired) electrons. The van der Waals surface area contributed by atoms with E-state index >= 15 is 0 Å². The van der Waals surface area contributed by atoms with Crippen LogP contribution in [0.2, 0.25) is 0 Å². The maximum absolute atomic E-state index is 14.7. The molecule has 1 aliphatic heterocycles. The summed E-state index contributed by atoms with van der Waals surface area (Å²) in [6, 6.07) is 6.80. The molecule has 0 saturated carbocycles. The van der Waals surface area contributed by atoms with Gasteiger partial charge in [-0.25, -0.2) is 0 Å². The second-order valence-electron chi connectivity index (χ2n) is 8.35. The van der Waals surface area contributed by atoms with E-state index in [1.165, 1.54) is 30.3 Å². The molecule has 1 aliphatic rings. The number of hydrogen-bond acceptors (Lipinski definition) is 2. The first-order valence-electron chi connectivity index (χ1n) is 10.3. The van der Waals surface area contributed by atoms with Crippen molar-refractivity contribution in [2.24, 2.45) is 5.92 Å². The molecule has 1 saturated heterocycles. The molecule has 2 rings (SSSR count). The van der Waals surface area contributed by atoms with Crippen LogP contribution in [0, 0.1) is 5.92 Å². The van der Waals surface area contributed by atoms with E-state index in [4.69, 9.17) is 4.74 Å². The van der Waals surface area contributed by atoms with E-state index in [1.54, 1.807) is 0 Å². The van der Waals surface area contributed by atoms with Gasteiger partial charge in [-0.05, 0) is 18.4 Å². The van der Waals surface area contributed by atoms with E-state index in [0.29, 0.717) is 0 Å². The monoisotopic (exact) mass is 610 g/mol. The first kappa shape index (κ1) is 33.2. The Bertz CT molecular complexity index is 974. The molecule has 1 aromatic carbocycles. The fraction of sp³-hybridized carbons (Fsp3) is 0.700. The van der Waals surface area contributed by atoms with Crippen molar-refractivity contribution in [3.63, 3.8) is 0 Å². The van der Waals surface area contributed by atoms with Crippen molar-refractivity contribution in [2.45, 2.75) is 73.4 Å². The Hall–Kier alpha value is -2.05. The van der Waals surface area contributed by atoms with Crippen LogP contribution in [-0.4, -0.2) is 60.5 Å². The van der Waals surface area contributed by atoms with Crippen LogP contribution in [0.1, 0.15) is 18.4 Å². The SMILES string of the molecule is FC(F)(F)C(F)(F)C(F)(F)C(F)(F)C(F)(F)C(F)(F)C(F)(F)C(F)(F)[C@@H]1CCCO[C@@H]1OCc1ccccc1. The van der Waals surface area contributed by atoms with Crippen LogP contribution in [0.3, 0.4) is 0 Å². The molecule has 0 N–H and O–H groups in total. The highest BCUT2D eigenvalue weighted by Crippen LogP contribution is 2.65. The number of alkyl halides is 17. The number of ether oxygens (including phenoxy) is 2. The van der Waals surface area contributed by atoms with E-state index in [2.05, 4.69) is 4.74 Å². The summed E-state index contributed by atoms with van der Waals surface area (Å²) in [4.78, 5) is 0. The zero-order valence-corrected chi connectivity index (χ0v) is 18.6. The standard InChI is InChI=1S/C20H15F17O2/c21-13(22,11-7-4-8-38-12(11)39-9-10-5-2-1-3-6-10)14(23,24)15(25,26)16(27,28)17(29,30)18(31,32)19(33,34)20(35,36)37/h1-3,5-6,11-12H,4,7-9H2/t11-,12-/m1/s1. The second-order valence-corrected chi connectivity index (χ2v) is 8.35. The Morgan fingerprint density at radius 2 is 1.05 bits per heavy atom. The summed E-state index contributed by atoms with van der Waals surface area (Å²) in [5.74, 6) is -60.0. The van der Waals surface area contributed by atoms with Gasteiger partial charge in [0.1, 0.15) is 0 Å². The zero-order chi connectivity index (χ0) is 30.5. The van der Waals surface area contributed by atoms with Gasteiger partial charge >= 0.3 is 47.6 Å². The maximum atomic E-state index is 14.7. The molecule has 0 bridgehead atoms. The van der Waals surface area contributed by atoms with Gasteiger partial charge in [0.05, 0.1) is 12.5 Å². The van der Waals surface area contributed by atoms with E-state index in [9.17, 15) is 74.6 Å². The Kier molecular flexibility index (Phi) is 8.58. The van der Waals surface area contributed by atoms with Crippen molar-refractivity contribution >= 4 is 0 Å². The van der Waals surface area contributed by atoms with Gasteiger partial charge in [0.25, 0.3) is 0 Å². The smallest absolute Gasteiger partial charge is 0.352 e. The zero-order valence-electron chi connectivity index (χ0n) is 18.6. The lowest BCUT2D eigenvalue weighted by atomic mass is 9.82. The minimum atomic E-state index is -8.66. The van der Waals surface area contributed by atoms with Crippen LogP contribution in [-0.2, 0) is 16.1 Å². The summed E-state index contributed by atoms with van der Waals surface area (Å²) in [5.41, 5.74) is 0.157. The average molecular weight is 610 g/mol. The van der Waals surface area contributed by atoms with Gasteiger partial charge in [0.15, 0.2) is 6.29 Å². The van der Waals surface area contributed by atoms with Crippen LogP contribution < -0.4 is 0 Å². The maximum Gasteiger partial charge on any atom is 0.460 e. The molecule has 0 spiro atoms. The number of rotatable bonds is 10. The number of halogens is 17. The van der Waals surface area contributed by atoms with Gasteiger partial charge in [-0.3, -0.25) is 0 Å². The van der Waals surface area contributed by atoms with E-state index in [0.717, 1.165) is 0 Å². The lowest BCUT2D eigenvalue weighted by Crippen LogP contribution is -2.75. The third kappa shape index (κ3) is 5.01. The highest BCUT2D eigenvalue weighted by atomic mass is 19.4. The normalized spacial score (nSPS) is 21.3. The van der Waals surface area contributed by atoms with Crippen LogP contribution in [0.25, 0.3) is 0 Å². The number of benzene rings is 1. The van der Waals surface area contributed by atoms with Gasteiger partial charge < -0.3 is 9.47 Å². The summed E-state index contributed by atoms with van der Waals surface area (Å²) in [6.07, 6.45) is -12.3. The van der Waals surface area contributed by atoms with Crippen LogP contribution >= 0.6 is 0 Å². The molecule has 2 atom stereocenters. The molecule has 19 heteroatoms. The van der Waals surface area contributed by atoms with Gasteiger partial charge in [0, 0.05) is 6.61 Å². The summed E-state index contributed by atoms with van der Waals surface area (Å²) in [7, 11) is 0. The molecule has 0 unspecified atom stereocenters. The van der Waals surface area contributed by atoms with Crippen molar-refractivity contribution in [1.82, 2.24) is 0 Å².